The molecule has 3 N–H and O–H groups in total. The third-order valence-electron chi connectivity index (χ3n) is 5.76. The van der Waals surface area contributed by atoms with Gasteiger partial charge in [0.25, 0.3) is 0 Å². The SMILES string of the molecule is Cl.NC1CCCc2cc(-c3c(F)cc4c(=O)c(C(=O)O)cn(C5CC5)c4c3F)sc21. The predicted molar refractivity (Wildman–Crippen MR) is 114 cm³/mol. The summed E-state index contributed by atoms with van der Waals surface area (Å²) in [6, 6.07) is 2.54. The lowest BCUT2D eigenvalue weighted by molar-refractivity contribution is 0.0695. The minimum atomic E-state index is -1.41. The van der Waals surface area contributed by atoms with Crippen molar-refractivity contribution in [3.63, 3.8) is 0 Å². The molecule has 2 aromatic heterocycles. The Labute approximate surface area is 180 Å². The van der Waals surface area contributed by atoms with Crippen LogP contribution in [0.25, 0.3) is 21.3 Å². The van der Waals surface area contributed by atoms with Gasteiger partial charge in [-0.2, -0.15) is 0 Å². The van der Waals surface area contributed by atoms with E-state index in [9.17, 15) is 14.7 Å². The second-order valence-electron chi connectivity index (χ2n) is 7.76. The maximum atomic E-state index is 15.7. The number of nitrogens with zero attached hydrogens (tertiary/aromatic N) is 1. The number of benzene rings is 1. The number of aromatic carboxylic acids is 1. The van der Waals surface area contributed by atoms with Crippen molar-refractivity contribution in [3.05, 3.63) is 56.2 Å². The van der Waals surface area contributed by atoms with Gasteiger partial charge in [-0.15, -0.1) is 23.7 Å². The second kappa shape index (κ2) is 7.44. The summed E-state index contributed by atoms with van der Waals surface area (Å²) in [5.41, 5.74) is 5.62. The van der Waals surface area contributed by atoms with Gasteiger partial charge in [-0.1, -0.05) is 0 Å². The summed E-state index contributed by atoms with van der Waals surface area (Å²) in [5.74, 6) is -3.10. The highest BCUT2D eigenvalue weighted by molar-refractivity contribution is 7.15. The first kappa shape index (κ1) is 21.0. The van der Waals surface area contributed by atoms with Crippen molar-refractivity contribution in [2.45, 2.75) is 44.2 Å². The molecule has 30 heavy (non-hydrogen) atoms. The van der Waals surface area contributed by atoms with Crippen LogP contribution < -0.4 is 11.2 Å². The summed E-state index contributed by atoms with van der Waals surface area (Å²) in [6.45, 7) is 0. The molecular weight excluding hydrogens is 434 g/mol. The third-order valence-corrected chi connectivity index (χ3v) is 7.09. The number of hydrogen-bond acceptors (Lipinski definition) is 4. The molecular formula is C21H19ClF2N2O3S. The van der Waals surface area contributed by atoms with Crippen LogP contribution in [-0.2, 0) is 6.42 Å². The molecule has 3 aromatic rings. The zero-order valence-electron chi connectivity index (χ0n) is 15.8. The Hall–Kier alpha value is -2.29. The van der Waals surface area contributed by atoms with Gasteiger partial charge in [0.1, 0.15) is 11.4 Å². The third kappa shape index (κ3) is 3.14. The van der Waals surface area contributed by atoms with Crippen LogP contribution >= 0.6 is 23.7 Å². The Morgan fingerprint density at radius 2 is 1.97 bits per heavy atom. The van der Waals surface area contributed by atoms with Crippen LogP contribution in [0.3, 0.4) is 0 Å². The predicted octanol–water partition coefficient (Wildman–Crippen LogP) is 4.80. The van der Waals surface area contributed by atoms with Crippen LogP contribution in [-0.4, -0.2) is 15.6 Å². The van der Waals surface area contributed by atoms with E-state index in [2.05, 4.69) is 0 Å². The van der Waals surface area contributed by atoms with E-state index >= 15 is 8.78 Å². The molecule has 9 heteroatoms. The number of rotatable bonds is 3. The van der Waals surface area contributed by atoms with Crippen LogP contribution in [0.1, 0.15) is 58.6 Å². The second-order valence-corrected chi connectivity index (χ2v) is 8.84. The minimum Gasteiger partial charge on any atom is -0.477 e. The van der Waals surface area contributed by atoms with Gasteiger partial charge in [-0.25, -0.2) is 13.6 Å². The lowest BCUT2D eigenvalue weighted by atomic mass is 9.95. The maximum Gasteiger partial charge on any atom is 0.341 e. The Bertz CT molecular complexity index is 1250. The van der Waals surface area contributed by atoms with E-state index in [0.29, 0.717) is 4.88 Å². The molecule has 1 unspecified atom stereocenters. The first-order chi connectivity index (χ1) is 13.9. The molecule has 1 fully saturated rings. The van der Waals surface area contributed by atoms with Gasteiger partial charge in [-0.3, -0.25) is 4.79 Å². The number of carbonyl (C=O) groups is 1. The lowest BCUT2D eigenvalue weighted by Gasteiger charge is -2.17. The zero-order valence-corrected chi connectivity index (χ0v) is 17.4. The molecule has 5 nitrogen and oxygen atoms in total. The standard InChI is InChI=1S/C21H18F2N2O3S.ClH/c22-13-7-11-18(25(10-4-5-10)8-12(19(11)26)21(27)28)17(23)16(13)15-6-9-2-1-3-14(24)20(9)29-15;/h6-8,10,14H,1-5,24H2,(H,27,28);1H. The number of carboxylic acid groups (broad SMARTS) is 1. The number of halogens is 3. The van der Waals surface area contributed by atoms with Crippen LogP contribution in [0.5, 0.6) is 0 Å². The quantitative estimate of drug-likeness (QED) is 0.597. The van der Waals surface area contributed by atoms with Crippen LogP contribution in [0, 0.1) is 11.6 Å². The van der Waals surface area contributed by atoms with E-state index in [-0.39, 0.29) is 41.0 Å². The Morgan fingerprint density at radius 3 is 2.60 bits per heavy atom. The summed E-state index contributed by atoms with van der Waals surface area (Å²) in [6.07, 6.45) is 5.30. The fourth-order valence-electron chi connectivity index (χ4n) is 4.18. The Balaban J connectivity index is 0.00000218. The summed E-state index contributed by atoms with van der Waals surface area (Å²) in [4.78, 5) is 25.4. The van der Waals surface area contributed by atoms with Crippen molar-refractivity contribution in [3.8, 4) is 10.4 Å². The molecule has 2 aliphatic carbocycles. The van der Waals surface area contributed by atoms with Crippen molar-refractivity contribution in [1.29, 1.82) is 0 Å². The first-order valence-electron chi connectivity index (χ1n) is 9.55. The molecule has 1 atom stereocenters. The number of carboxylic acids is 1. The van der Waals surface area contributed by atoms with Gasteiger partial charge in [-0.05, 0) is 49.8 Å². The molecule has 0 spiro atoms. The van der Waals surface area contributed by atoms with E-state index in [1.54, 1.807) is 6.07 Å². The minimum absolute atomic E-state index is 0. The largest absolute Gasteiger partial charge is 0.477 e. The molecule has 0 amide bonds. The first-order valence-corrected chi connectivity index (χ1v) is 10.4. The highest BCUT2D eigenvalue weighted by Crippen LogP contribution is 2.43. The smallest absolute Gasteiger partial charge is 0.341 e. The van der Waals surface area contributed by atoms with Gasteiger partial charge in [0.2, 0.25) is 5.43 Å². The van der Waals surface area contributed by atoms with Gasteiger partial charge in [0.15, 0.2) is 5.82 Å². The maximum absolute atomic E-state index is 15.7. The van der Waals surface area contributed by atoms with Crippen molar-refractivity contribution in [2.75, 3.05) is 0 Å². The van der Waals surface area contributed by atoms with E-state index in [0.717, 1.165) is 48.6 Å². The summed E-state index contributed by atoms with van der Waals surface area (Å²) in [5, 5.41) is 9.09. The topological polar surface area (TPSA) is 85.3 Å². The fourth-order valence-corrected chi connectivity index (χ4v) is 5.47. The average Bonchev–Trinajstić information content (AvgIpc) is 3.42. The molecule has 2 heterocycles. The van der Waals surface area contributed by atoms with Crippen LogP contribution in [0.4, 0.5) is 8.78 Å². The van der Waals surface area contributed by atoms with Crippen molar-refractivity contribution >= 4 is 40.6 Å². The summed E-state index contributed by atoms with van der Waals surface area (Å²) < 4.78 is 32.2. The molecule has 158 valence electrons. The van der Waals surface area contributed by atoms with E-state index in [1.807, 2.05) is 0 Å². The van der Waals surface area contributed by atoms with Crippen molar-refractivity contribution < 1.29 is 18.7 Å². The Morgan fingerprint density at radius 1 is 1.23 bits per heavy atom. The van der Waals surface area contributed by atoms with Crippen molar-refractivity contribution in [1.82, 2.24) is 4.57 Å². The zero-order chi connectivity index (χ0) is 20.4. The van der Waals surface area contributed by atoms with E-state index in [4.69, 9.17) is 5.73 Å². The van der Waals surface area contributed by atoms with Crippen molar-refractivity contribution in [2.24, 2.45) is 5.73 Å². The molecule has 0 saturated heterocycles. The number of aryl methyl sites for hydroxylation is 1. The molecule has 0 aliphatic heterocycles. The summed E-state index contributed by atoms with van der Waals surface area (Å²) >= 11 is 1.29. The number of thiophene rings is 1. The molecule has 2 aliphatic rings. The van der Waals surface area contributed by atoms with E-state index < -0.39 is 28.6 Å². The number of hydrogen-bond donors (Lipinski definition) is 2. The van der Waals surface area contributed by atoms with Gasteiger partial charge < -0.3 is 15.4 Å². The fraction of sp³-hybridized carbons (Fsp3) is 0.333. The molecule has 1 aromatic carbocycles. The summed E-state index contributed by atoms with van der Waals surface area (Å²) in [7, 11) is 0. The number of aromatic nitrogens is 1. The van der Waals surface area contributed by atoms with Gasteiger partial charge >= 0.3 is 5.97 Å². The molecule has 1 saturated carbocycles. The molecule has 0 radical (unpaired) electrons. The number of pyridine rings is 1. The lowest BCUT2D eigenvalue weighted by Crippen LogP contribution is -2.20. The number of nitrogens with two attached hydrogens (primary N) is 1. The highest BCUT2D eigenvalue weighted by atomic mass is 35.5. The Kier molecular flexibility index (Phi) is 5.20. The number of fused-ring (bicyclic) bond motifs is 2. The van der Waals surface area contributed by atoms with Gasteiger partial charge in [0.05, 0.1) is 16.5 Å². The van der Waals surface area contributed by atoms with Crippen LogP contribution in [0.2, 0.25) is 0 Å². The highest BCUT2D eigenvalue weighted by Gasteiger charge is 2.31. The average molecular weight is 453 g/mol. The normalized spacial score (nSPS) is 18.2. The molecule has 5 rings (SSSR count). The van der Waals surface area contributed by atoms with Crippen LogP contribution in [0.15, 0.2) is 23.1 Å². The molecule has 0 bridgehead atoms. The monoisotopic (exact) mass is 452 g/mol. The van der Waals surface area contributed by atoms with E-state index in [1.165, 1.54) is 22.1 Å². The van der Waals surface area contributed by atoms with Gasteiger partial charge in [0, 0.05) is 28.0 Å².